The van der Waals surface area contributed by atoms with E-state index in [1.807, 2.05) is 58.2 Å². The van der Waals surface area contributed by atoms with E-state index in [-0.39, 0.29) is 17.2 Å². The minimum absolute atomic E-state index is 0.137. The lowest BCUT2D eigenvalue weighted by atomic mass is 10.1. The Morgan fingerprint density at radius 2 is 1.69 bits per heavy atom. The van der Waals surface area contributed by atoms with Crippen LogP contribution in [0.25, 0.3) is 22.4 Å². The number of H-pyrrole nitrogens is 1. The SMILES string of the molecule is CC.CC.CC(C)n1cnnc1-c1cccc(Nc2cccc3[nH]c(C(=O)Nc4ccccn4)cc(=O)c23)n1. The Balaban J connectivity index is 0.00000100. The molecule has 0 aliphatic heterocycles. The first kappa shape index (κ1) is 28.7. The molecule has 5 rings (SSSR count). The average molecular weight is 527 g/mol. The first-order valence-corrected chi connectivity index (χ1v) is 13.0. The summed E-state index contributed by atoms with van der Waals surface area (Å²) in [6, 6.07) is 17.5. The number of carbonyl (C=O) groups is 1. The van der Waals surface area contributed by atoms with Crippen molar-refractivity contribution in [3.05, 3.63) is 89.1 Å². The summed E-state index contributed by atoms with van der Waals surface area (Å²) in [4.78, 5) is 37.5. The third-order valence-electron chi connectivity index (χ3n) is 5.38. The number of hydrogen-bond acceptors (Lipinski definition) is 7. The Kier molecular flexibility index (Phi) is 10.0. The van der Waals surface area contributed by atoms with Gasteiger partial charge in [-0.1, -0.05) is 45.9 Å². The maximum atomic E-state index is 13.0. The molecule has 3 N–H and O–H groups in total. The molecule has 5 aromatic rings. The van der Waals surface area contributed by atoms with Gasteiger partial charge in [-0.3, -0.25) is 9.59 Å². The normalized spacial score (nSPS) is 10.2. The zero-order valence-corrected chi connectivity index (χ0v) is 23.1. The Morgan fingerprint density at radius 3 is 2.41 bits per heavy atom. The molecule has 1 amide bonds. The van der Waals surface area contributed by atoms with E-state index in [4.69, 9.17) is 0 Å². The van der Waals surface area contributed by atoms with Crippen molar-refractivity contribution < 1.29 is 4.79 Å². The predicted octanol–water partition coefficient (Wildman–Crippen LogP) is 6.21. The Labute approximate surface area is 227 Å². The number of fused-ring (bicyclic) bond motifs is 1. The number of pyridine rings is 3. The molecule has 1 aromatic carbocycles. The molecule has 4 aromatic heterocycles. The molecule has 0 radical (unpaired) electrons. The fraction of sp³-hybridized carbons (Fsp3) is 0.241. The van der Waals surface area contributed by atoms with Gasteiger partial charge < -0.3 is 20.2 Å². The highest BCUT2D eigenvalue weighted by Crippen LogP contribution is 2.25. The van der Waals surface area contributed by atoms with Crippen molar-refractivity contribution in [1.29, 1.82) is 0 Å². The van der Waals surface area contributed by atoms with Crippen molar-refractivity contribution in [1.82, 2.24) is 29.7 Å². The molecular formula is C29H34N8O2. The van der Waals surface area contributed by atoms with Crippen LogP contribution in [0, 0.1) is 0 Å². The predicted molar refractivity (Wildman–Crippen MR) is 156 cm³/mol. The zero-order chi connectivity index (χ0) is 28.4. The lowest BCUT2D eigenvalue weighted by Crippen LogP contribution is -2.18. The Bertz CT molecular complexity index is 1580. The average Bonchev–Trinajstić information content (AvgIpc) is 3.47. The summed E-state index contributed by atoms with van der Waals surface area (Å²) >= 11 is 0. The highest BCUT2D eigenvalue weighted by molar-refractivity contribution is 6.04. The molecular weight excluding hydrogens is 492 g/mol. The van der Waals surface area contributed by atoms with E-state index in [1.54, 1.807) is 55.0 Å². The molecule has 0 fully saturated rings. The largest absolute Gasteiger partial charge is 0.350 e. The zero-order valence-electron chi connectivity index (χ0n) is 23.1. The number of aromatic nitrogens is 6. The lowest BCUT2D eigenvalue weighted by molar-refractivity contribution is 0.102. The maximum absolute atomic E-state index is 13.0. The topological polar surface area (TPSA) is 130 Å². The highest BCUT2D eigenvalue weighted by Gasteiger charge is 2.15. The van der Waals surface area contributed by atoms with Crippen LogP contribution in [0.1, 0.15) is 58.1 Å². The summed E-state index contributed by atoms with van der Waals surface area (Å²) in [6.07, 6.45) is 3.25. The maximum Gasteiger partial charge on any atom is 0.273 e. The summed E-state index contributed by atoms with van der Waals surface area (Å²) in [7, 11) is 0. The second kappa shape index (κ2) is 13.6. The Hall–Kier alpha value is -4.86. The van der Waals surface area contributed by atoms with Gasteiger partial charge in [0.15, 0.2) is 11.3 Å². The highest BCUT2D eigenvalue weighted by atomic mass is 16.2. The molecule has 202 valence electrons. The molecule has 0 aliphatic carbocycles. The van der Waals surface area contributed by atoms with Gasteiger partial charge in [-0.05, 0) is 50.2 Å². The van der Waals surface area contributed by atoms with Crippen molar-refractivity contribution in [2.24, 2.45) is 0 Å². The summed E-state index contributed by atoms with van der Waals surface area (Å²) in [6.45, 7) is 12.1. The monoisotopic (exact) mass is 526 g/mol. The smallest absolute Gasteiger partial charge is 0.273 e. The molecule has 0 unspecified atom stereocenters. The van der Waals surface area contributed by atoms with Crippen molar-refractivity contribution in [2.75, 3.05) is 10.6 Å². The number of nitrogens with one attached hydrogen (secondary N) is 3. The molecule has 0 aliphatic rings. The van der Waals surface area contributed by atoms with Gasteiger partial charge in [-0.15, -0.1) is 10.2 Å². The molecule has 0 atom stereocenters. The van der Waals surface area contributed by atoms with Crippen molar-refractivity contribution in [2.45, 2.75) is 47.6 Å². The van der Waals surface area contributed by atoms with E-state index < -0.39 is 5.91 Å². The number of aromatic amines is 1. The van der Waals surface area contributed by atoms with E-state index >= 15 is 0 Å². The molecule has 10 heteroatoms. The molecule has 0 spiro atoms. The number of hydrogen-bond donors (Lipinski definition) is 3. The van der Waals surface area contributed by atoms with Gasteiger partial charge in [0, 0.05) is 18.3 Å². The number of amides is 1. The summed E-state index contributed by atoms with van der Waals surface area (Å²) in [5.41, 5.74) is 1.57. The quantitative estimate of drug-likeness (QED) is 0.240. The van der Waals surface area contributed by atoms with E-state index in [9.17, 15) is 9.59 Å². The third kappa shape index (κ3) is 6.72. The van der Waals surface area contributed by atoms with Crippen LogP contribution in [0.2, 0.25) is 0 Å². The fourth-order valence-corrected chi connectivity index (χ4v) is 3.72. The van der Waals surface area contributed by atoms with Crippen molar-refractivity contribution in [3.8, 4) is 11.5 Å². The van der Waals surface area contributed by atoms with E-state index in [0.29, 0.717) is 39.7 Å². The van der Waals surface area contributed by atoms with Crippen LogP contribution in [-0.4, -0.2) is 35.6 Å². The second-order valence-corrected chi connectivity index (χ2v) is 8.13. The van der Waals surface area contributed by atoms with E-state index in [2.05, 4.69) is 35.8 Å². The third-order valence-corrected chi connectivity index (χ3v) is 5.38. The molecule has 0 saturated heterocycles. The van der Waals surface area contributed by atoms with Gasteiger partial charge >= 0.3 is 0 Å². The molecule has 0 bridgehead atoms. The number of benzene rings is 1. The van der Waals surface area contributed by atoms with Gasteiger partial charge in [0.05, 0.1) is 16.6 Å². The van der Waals surface area contributed by atoms with E-state index in [1.165, 1.54) is 6.07 Å². The van der Waals surface area contributed by atoms with Gasteiger partial charge in [0.1, 0.15) is 29.4 Å². The minimum atomic E-state index is -0.454. The standard InChI is InChI=1S/C25H22N8O2.2C2H6/c1-15(2)33-14-27-32-24(33)18-9-6-11-22(30-18)29-17-8-5-7-16-23(17)20(34)13-19(28-16)25(35)31-21-10-3-4-12-26-21;2*1-2/h3-15H,1-2H3,(H,28,34)(H,29,30)(H,26,31,35);2*1-2H3. The van der Waals surface area contributed by atoms with Crippen LogP contribution in [-0.2, 0) is 0 Å². The molecule has 39 heavy (non-hydrogen) atoms. The molecule has 10 nitrogen and oxygen atoms in total. The number of rotatable bonds is 6. The van der Waals surface area contributed by atoms with Crippen molar-refractivity contribution in [3.63, 3.8) is 0 Å². The number of carbonyl (C=O) groups excluding carboxylic acids is 1. The van der Waals surface area contributed by atoms with Gasteiger partial charge in [-0.25, -0.2) is 9.97 Å². The fourth-order valence-electron chi connectivity index (χ4n) is 3.72. The van der Waals surface area contributed by atoms with Crippen LogP contribution in [0.4, 0.5) is 17.3 Å². The second-order valence-electron chi connectivity index (χ2n) is 8.13. The van der Waals surface area contributed by atoms with Gasteiger partial charge in [0.2, 0.25) is 0 Å². The van der Waals surface area contributed by atoms with Crippen LogP contribution in [0.15, 0.2) is 78.0 Å². The van der Waals surface area contributed by atoms with Gasteiger partial charge in [-0.2, -0.15) is 0 Å². The first-order valence-electron chi connectivity index (χ1n) is 13.0. The van der Waals surface area contributed by atoms with E-state index in [0.717, 1.165) is 0 Å². The van der Waals surface area contributed by atoms with Crippen LogP contribution in [0.3, 0.4) is 0 Å². The lowest BCUT2D eigenvalue weighted by Gasteiger charge is -2.12. The number of anilines is 3. The number of nitrogens with zero attached hydrogens (tertiary/aromatic N) is 5. The van der Waals surface area contributed by atoms with Crippen LogP contribution >= 0.6 is 0 Å². The summed E-state index contributed by atoms with van der Waals surface area (Å²) < 4.78 is 1.94. The molecule has 4 heterocycles. The summed E-state index contributed by atoms with van der Waals surface area (Å²) in [5, 5.41) is 14.5. The molecule has 0 saturated carbocycles. The minimum Gasteiger partial charge on any atom is -0.350 e. The Morgan fingerprint density at radius 1 is 0.949 bits per heavy atom. The van der Waals surface area contributed by atoms with Gasteiger partial charge in [0.25, 0.3) is 5.91 Å². The summed E-state index contributed by atoms with van der Waals surface area (Å²) in [5.74, 6) is 1.14. The van der Waals surface area contributed by atoms with Crippen LogP contribution < -0.4 is 16.1 Å². The van der Waals surface area contributed by atoms with Crippen molar-refractivity contribution >= 4 is 34.1 Å². The van der Waals surface area contributed by atoms with Crippen LogP contribution in [0.5, 0.6) is 0 Å². The first-order chi connectivity index (χ1) is 19.0.